The lowest BCUT2D eigenvalue weighted by Crippen LogP contribution is -2.56. The van der Waals surface area contributed by atoms with E-state index in [0.29, 0.717) is 38.4 Å². The number of carboxylic acids is 1. The van der Waals surface area contributed by atoms with Gasteiger partial charge in [0.1, 0.15) is 6.04 Å². The van der Waals surface area contributed by atoms with Crippen molar-refractivity contribution < 1.29 is 24.2 Å². The van der Waals surface area contributed by atoms with E-state index >= 15 is 0 Å². The number of hydrogen-bond donors (Lipinski definition) is 1. The summed E-state index contributed by atoms with van der Waals surface area (Å²) in [6, 6.07) is -0.388. The highest BCUT2D eigenvalue weighted by molar-refractivity contribution is 8.01. The fourth-order valence-electron chi connectivity index (χ4n) is 3.89. The second-order valence-corrected chi connectivity index (χ2v) is 8.63. The Morgan fingerprint density at radius 1 is 1.48 bits per heavy atom. The fourth-order valence-corrected chi connectivity index (χ4v) is 5.31. The molecule has 9 heteroatoms. The van der Waals surface area contributed by atoms with Crippen LogP contribution in [0.5, 0.6) is 0 Å². The molecule has 0 saturated carbocycles. The summed E-state index contributed by atoms with van der Waals surface area (Å²) in [5.74, 6) is -0.194. The number of hydrogen-bond acceptors (Lipinski definition) is 6. The van der Waals surface area contributed by atoms with Crippen molar-refractivity contribution in [2.75, 3.05) is 45.6 Å². The van der Waals surface area contributed by atoms with Crippen LogP contribution in [-0.4, -0.2) is 100 Å². The summed E-state index contributed by atoms with van der Waals surface area (Å²) < 4.78 is 5.69. The van der Waals surface area contributed by atoms with E-state index in [0.717, 1.165) is 6.42 Å². The summed E-state index contributed by atoms with van der Waals surface area (Å²) in [5.41, 5.74) is 0. The fraction of sp³-hybridized carbons (Fsp3) is 0.812. The van der Waals surface area contributed by atoms with E-state index in [4.69, 9.17) is 9.84 Å². The smallest absolute Gasteiger partial charge is 0.317 e. The van der Waals surface area contributed by atoms with Gasteiger partial charge in [-0.2, -0.15) is 0 Å². The number of aliphatic carboxylic acids is 1. The number of ether oxygens (including phenoxy) is 1. The van der Waals surface area contributed by atoms with Gasteiger partial charge in [-0.05, 0) is 20.4 Å². The molecule has 3 rings (SSSR count). The number of carboxylic acid groups (broad SMARTS) is 1. The number of morpholine rings is 1. The summed E-state index contributed by atoms with van der Waals surface area (Å²) in [6.07, 6.45) is 1.10. The zero-order valence-electron chi connectivity index (χ0n) is 14.6. The van der Waals surface area contributed by atoms with Crippen molar-refractivity contribution in [3.63, 3.8) is 0 Å². The van der Waals surface area contributed by atoms with E-state index in [2.05, 4.69) is 0 Å². The van der Waals surface area contributed by atoms with Crippen molar-refractivity contribution in [3.8, 4) is 0 Å². The van der Waals surface area contributed by atoms with Gasteiger partial charge in [0, 0.05) is 31.8 Å². The van der Waals surface area contributed by atoms with Crippen molar-refractivity contribution >= 4 is 29.5 Å². The van der Waals surface area contributed by atoms with Gasteiger partial charge in [-0.25, -0.2) is 0 Å². The second kappa shape index (κ2) is 7.13. The number of amides is 2. The number of nitrogens with zero attached hydrogens (tertiary/aromatic N) is 3. The van der Waals surface area contributed by atoms with Crippen LogP contribution in [-0.2, 0) is 19.1 Å². The molecule has 140 valence electrons. The number of fused-ring (bicyclic) bond motifs is 1. The van der Waals surface area contributed by atoms with Crippen molar-refractivity contribution in [1.29, 1.82) is 0 Å². The Labute approximate surface area is 151 Å². The van der Waals surface area contributed by atoms with E-state index in [9.17, 15) is 14.4 Å². The lowest BCUT2D eigenvalue weighted by atomic mass is 10.1. The summed E-state index contributed by atoms with van der Waals surface area (Å²) in [5, 5.41) is 8.85. The molecule has 0 bridgehead atoms. The van der Waals surface area contributed by atoms with Crippen molar-refractivity contribution in [2.45, 2.75) is 36.8 Å². The van der Waals surface area contributed by atoms with E-state index < -0.39 is 5.97 Å². The molecule has 2 amide bonds. The van der Waals surface area contributed by atoms with Crippen LogP contribution in [0, 0.1) is 0 Å². The van der Waals surface area contributed by atoms with Crippen molar-refractivity contribution in [1.82, 2.24) is 14.7 Å². The molecule has 0 radical (unpaired) electrons. The van der Waals surface area contributed by atoms with Crippen LogP contribution in [0.3, 0.4) is 0 Å². The average Bonchev–Trinajstić information content (AvgIpc) is 3.03. The topological polar surface area (TPSA) is 90.4 Å². The highest BCUT2D eigenvalue weighted by Gasteiger charge is 2.53. The Morgan fingerprint density at radius 3 is 2.96 bits per heavy atom. The van der Waals surface area contributed by atoms with Gasteiger partial charge < -0.3 is 19.6 Å². The molecular weight excluding hydrogens is 346 g/mol. The number of carbonyl (C=O) groups excluding carboxylic acids is 2. The van der Waals surface area contributed by atoms with E-state index in [1.54, 1.807) is 33.5 Å². The molecule has 8 nitrogen and oxygen atoms in total. The number of thioether (sulfide) groups is 1. The maximum atomic E-state index is 13.0. The predicted molar refractivity (Wildman–Crippen MR) is 92.2 cm³/mol. The molecule has 0 aromatic rings. The summed E-state index contributed by atoms with van der Waals surface area (Å²) in [6.45, 7) is 3.81. The normalized spacial score (nSPS) is 32.4. The maximum absolute atomic E-state index is 13.0. The first-order chi connectivity index (χ1) is 11.8. The van der Waals surface area contributed by atoms with Crippen LogP contribution >= 0.6 is 11.8 Å². The molecule has 25 heavy (non-hydrogen) atoms. The molecular formula is C16H25N3O5S. The first kappa shape index (κ1) is 18.5. The molecule has 3 heterocycles. The summed E-state index contributed by atoms with van der Waals surface area (Å²) in [4.78, 5) is 41.0. The maximum Gasteiger partial charge on any atom is 0.317 e. The molecule has 3 aliphatic heterocycles. The third-order valence-electron chi connectivity index (χ3n) is 5.10. The minimum Gasteiger partial charge on any atom is -0.480 e. The zero-order chi connectivity index (χ0) is 18.2. The van der Waals surface area contributed by atoms with Crippen LogP contribution in [0.2, 0.25) is 0 Å². The number of carbonyl (C=O) groups is 3. The molecule has 3 aliphatic rings. The molecule has 1 N–H and O–H groups in total. The summed E-state index contributed by atoms with van der Waals surface area (Å²) in [7, 11) is 1.72. The Kier molecular flexibility index (Phi) is 5.26. The molecule has 0 aromatic carbocycles. The van der Waals surface area contributed by atoms with E-state index in [1.165, 1.54) is 0 Å². The van der Waals surface area contributed by atoms with Crippen LogP contribution in [0.4, 0.5) is 0 Å². The molecule has 3 saturated heterocycles. The quantitative estimate of drug-likeness (QED) is 0.709. The van der Waals surface area contributed by atoms with E-state index in [1.807, 2.05) is 6.92 Å². The first-order valence-electron chi connectivity index (χ1n) is 8.57. The van der Waals surface area contributed by atoms with Crippen molar-refractivity contribution in [2.24, 2.45) is 0 Å². The van der Waals surface area contributed by atoms with Gasteiger partial charge in [0.2, 0.25) is 11.8 Å². The first-order valence-corrected chi connectivity index (χ1v) is 9.55. The SMILES string of the molecule is CN(CC(=O)O)CC1CN(C(=O)C2CSC3(C)CCC(=O)N23)CCO1. The highest BCUT2D eigenvalue weighted by atomic mass is 32.2. The van der Waals surface area contributed by atoms with Gasteiger partial charge in [-0.1, -0.05) is 0 Å². The number of rotatable bonds is 5. The molecule has 0 aliphatic carbocycles. The minimum absolute atomic E-state index is 0.0133. The molecule has 3 atom stereocenters. The molecule has 0 aromatic heterocycles. The van der Waals surface area contributed by atoms with Gasteiger partial charge >= 0.3 is 5.97 Å². The van der Waals surface area contributed by atoms with E-state index in [-0.39, 0.29) is 35.4 Å². The second-order valence-electron chi connectivity index (χ2n) is 7.13. The number of likely N-dealkylation sites (N-methyl/N-ethyl adjacent to an activating group) is 1. The van der Waals surface area contributed by atoms with Gasteiger partial charge in [0.25, 0.3) is 0 Å². The summed E-state index contributed by atoms with van der Waals surface area (Å²) >= 11 is 1.69. The lowest BCUT2D eigenvalue weighted by Gasteiger charge is -2.38. The van der Waals surface area contributed by atoms with Crippen LogP contribution in [0.15, 0.2) is 0 Å². The third kappa shape index (κ3) is 3.78. The lowest BCUT2D eigenvalue weighted by molar-refractivity contribution is -0.149. The minimum atomic E-state index is -0.888. The molecule has 0 spiro atoms. The average molecular weight is 371 g/mol. The Bertz CT molecular complexity index is 574. The van der Waals surface area contributed by atoms with Crippen LogP contribution < -0.4 is 0 Å². The largest absolute Gasteiger partial charge is 0.480 e. The molecule has 3 unspecified atom stereocenters. The third-order valence-corrected chi connectivity index (χ3v) is 6.61. The Morgan fingerprint density at radius 2 is 2.24 bits per heavy atom. The van der Waals surface area contributed by atoms with Gasteiger partial charge in [0.15, 0.2) is 0 Å². The van der Waals surface area contributed by atoms with Gasteiger partial charge in [-0.15, -0.1) is 11.8 Å². The van der Waals surface area contributed by atoms with Gasteiger partial charge in [-0.3, -0.25) is 19.3 Å². The van der Waals surface area contributed by atoms with Crippen molar-refractivity contribution in [3.05, 3.63) is 0 Å². The predicted octanol–water partition coefficient (Wildman–Crippen LogP) is -0.316. The zero-order valence-corrected chi connectivity index (χ0v) is 15.5. The monoisotopic (exact) mass is 371 g/mol. The Balaban J connectivity index is 1.61. The van der Waals surface area contributed by atoms with Crippen LogP contribution in [0.25, 0.3) is 0 Å². The molecule has 3 fully saturated rings. The van der Waals surface area contributed by atoms with Gasteiger partial charge in [0.05, 0.1) is 24.1 Å². The van der Waals surface area contributed by atoms with Crippen LogP contribution in [0.1, 0.15) is 19.8 Å². The highest BCUT2D eigenvalue weighted by Crippen LogP contribution is 2.47. The Hall–Kier alpha value is -1.32. The standard InChI is InChI=1S/C16H25N3O5S/c1-16-4-3-13(20)19(16)12(10-25-16)15(23)18-5-6-24-11(8-18)7-17(2)9-14(21)22/h11-12H,3-10H2,1-2H3,(H,21,22).